The highest BCUT2D eigenvalue weighted by Crippen LogP contribution is 2.47. The number of aryl methyl sites for hydroxylation is 1. The molecular weight excluding hydrogens is 700 g/mol. The number of ether oxygens (including phenoxy) is 1. The number of amides is 4. The van der Waals surface area contributed by atoms with E-state index in [0.29, 0.717) is 37.2 Å². The molecule has 4 aliphatic rings. The van der Waals surface area contributed by atoms with Crippen LogP contribution in [0.4, 0.5) is 23.7 Å². The molecule has 12 nitrogen and oxygen atoms in total. The number of anilines is 1. The average Bonchev–Trinajstić information content (AvgIpc) is 3.93. The van der Waals surface area contributed by atoms with Gasteiger partial charge in [0.2, 0.25) is 21.8 Å². The Hall–Kier alpha value is -3.99. The first-order chi connectivity index (χ1) is 23.6. The quantitative estimate of drug-likeness (QED) is 0.358. The first kappa shape index (κ1) is 35.8. The lowest BCUT2D eigenvalue weighted by Crippen LogP contribution is -2.54. The first-order valence-electron chi connectivity index (χ1n) is 16.5. The van der Waals surface area contributed by atoms with Crippen molar-refractivity contribution < 1.29 is 45.5 Å². The highest BCUT2D eigenvalue weighted by atomic mass is 32.2. The van der Waals surface area contributed by atoms with Gasteiger partial charge in [-0.1, -0.05) is 12.2 Å². The average molecular weight is 738 g/mol. The van der Waals surface area contributed by atoms with Crippen molar-refractivity contribution in [3.8, 4) is 10.6 Å². The number of benzene rings is 1. The van der Waals surface area contributed by atoms with Crippen LogP contribution in [0.2, 0.25) is 0 Å². The molecule has 17 heteroatoms. The number of carbonyl (C=O) groups excluding carboxylic acids is 4. The zero-order chi connectivity index (χ0) is 36.0. The highest BCUT2D eigenvalue weighted by molar-refractivity contribution is 7.91. The zero-order valence-electron chi connectivity index (χ0n) is 27.4. The van der Waals surface area contributed by atoms with Crippen molar-refractivity contribution in [1.82, 2.24) is 19.9 Å². The Morgan fingerprint density at radius 3 is 2.56 bits per heavy atom. The summed E-state index contributed by atoms with van der Waals surface area (Å²) in [6, 6.07) is 2.90. The van der Waals surface area contributed by atoms with Gasteiger partial charge in [-0.25, -0.2) is 18.2 Å². The number of alkyl halides is 3. The molecule has 50 heavy (non-hydrogen) atoms. The van der Waals surface area contributed by atoms with E-state index in [4.69, 9.17) is 4.74 Å². The van der Waals surface area contributed by atoms with Crippen molar-refractivity contribution in [2.75, 3.05) is 18.9 Å². The molecule has 270 valence electrons. The Morgan fingerprint density at radius 2 is 1.88 bits per heavy atom. The number of nitrogens with zero attached hydrogens (tertiary/aromatic N) is 2. The largest absolute Gasteiger partial charge is 0.446 e. The van der Waals surface area contributed by atoms with Crippen LogP contribution in [0.1, 0.15) is 61.8 Å². The number of rotatable bonds is 6. The lowest BCUT2D eigenvalue weighted by atomic mass is 9.93. The van der Waals surface area contributed by atoms with Crippen LogP contribution in [-0.4, -0.2) is 72.6 Å². The van der Waals surface area contributed by atoms with Crippen LogP contribution < -0.4 is 15.4 Å². The van der Waals surface area contributed by atoms with E-state index >= 15 is 0 Å². The van der Waals surface area contributed by atoms with Crippen LogP contribution in [0.15, 0.2) is 36.5 Å². The maximum atomic E-state index is 13.9. The smallest absolute Gasteiger partial charge is 0.416 e. The molecule has 2 heterocycles. The summed E-state index contributed by atoms with van der Waals surface area (Å²) in [6.07, 6.45) is 1.51. The fourth-order valence-corrected chi connectivity index (χ4v) is 8.84. The van der Waals surface area contributed by atoms with Gasteiger partial charge in [0.25, 0.3) is 5.91 Å². The van der Waals surface area contributed by atoms with E-state index in [1.165, 1.54) is 22.3 Å². The minimum Gasteiger partial charge on any atom is -0.446 e. The summed E-state index contributed by atoms with van der Waals surface area (Å²) in [6.45, 7) is 2.21. The van der Waals surface area contributed by atoms with E-state index < -0.39 is 74.3 Å². The molecular formula is C33H38F3N5O7S2. The number of allylic oxidation sites excluding steroid dienone is 1. The molecule has 0 radical (unpaired) electrons. The van der Waals surface area contributed by atoms with Crippen LogP contribution in [0.5, 0.6) is 0 Å². The Kier molecular flexibility index (Phi) is 9.76. The van der Waals surface area contributed by atoms with Crippen molar-refractivity contribution in [3.63, 3.8) is 0 Å². The number of thiazole rings is 1. The molecule has 4 amide bonds. The zero-order valence-corrected chi connectivity index (χ0v) is 29.1. The molecule has 6 rings (SSSR count). The molecule has 3 aliphatic carbocycles. The Bertz CT molecular complexity index is 1830. The molecule has 5 atom stereocenters. The SMILES string of the molecule is Cc1cnc(-c2ccc(C(F)(F)F)cc2NC(=O)O[C@@H]2C[C@H]3C(=O)N[C@]4(C(=O)NS(=O)(=O)C5CC5)C[C@H]4C=CCCCCN(C)C(=O)[C@@H]3C2)s1. The molecule has 3 saturated carbocycles. The molecule has 1 aromatic carbocycles. The number of aromatic nitrogens is 1. The summed E-state index contributed by atoms with van der Waals surface area (Å²) in [5.41, 5.74) is -2.43. The van der Waals surface area contributed by atoms with Gasteiger partial charge in [0.05, 0.1) is 28.3 Å². The van der Waals surface area contributed by atoms with E-state index in [0.717, 1.165) is 23.4 Å². The summed E-state index contributed by atoms with van der Waals surface area (Å²) in [5, 5.41) is 4.91. The molecule has 0 bridgehead atoms. The van der Waals surface area contributed by atoms with Crippen LogP contribution in [0.25, 0.3) is 10.6 Å². The number of fused-ring (bicyclic) bond motifs is 2. The third-order valence-electron chi connectivity index (χ3n) is 9.71. The minimum atomic E-state index is -4.69. The second-order valence-electron chi connectivity index (χ2n) is 13.5. The summed E-state index contributed by atoms with van der Waals surface area (Å²) in [4.78, 5) is 60.8. The lowest BCUT2D eigenvalue weighted by Gasteiger charge is -2.26. The summed E-state index contributed by atoms with van der Waals surface area (Å²) in [7, 11) is -2.29. The van der Waals surface area contributed by atoms with E-state index in [2.05, 4.69) is 20.3 Å². The second-order valence-corrected chi connectivity index (χ2v) is 16.7. The summed E-state index contributed by atoms with van der Waals surface area (Å²) in [5.74, 6) is -4.28. The number of hydrogen-bond donors (Lipinski definition) is 3. The number of nitrogens with one attached hydrogen (secondary N) is 3. The molecule has 1 aliphatic heterocycles. The molecule has 1 aromatic heterocycles. The predicted octanol–water partition coefficient (Wildman–Crippen LogP) is 4.76. The monoisotopic (exact) mass is 737 g/mol. The van der Waals surface area contributed by atoms with Crippen LogP contribution in [0.3, 0.4) is 0 Å². The lowest BCUT2D eigenvalue weighted by molar-refractivity contribution is -0.140. The van der Waals surface area contributed by atoms with Crippen molar-refractivity contribution in [2.24, 2.45) is 17.8 Å². The van der Waals surface area contributed by atoms with Crippen molar-refractivity contribution in [2.45, 2.75) is 81.4 Å². The topological polar surface area (TPSA) is 164 Å². The molecule has 0 spiro atoms. The Labute approximate surface area is 291 Å². The van der Waals surface area contributed by atoms with Gasteiger partial charge in [0, 0.05) is 36.1 Å². The Morgan fingerprint density at radius 1 is 1.14 bits per heavy atom. The van der Waals surface area contributed by atoms with E-state index in [1.807, 2.05) is 12.2 Å². The molecule has 3 fully saturated rings. The van der Waals surface area contributed by atoms with Gasteiger partial charge in [-0.3, -0.25) is 24.4 Å². The molecule has 3 N–H and O–H groups in total. The number of hydrogen-bond acceptors (Lipinski definition) is 9. The molecule has 0 unspecified atom stereocenters. The van der Waals surface area contributed by atoms with Crippen LogP contribution in [-0.2, 0) is 35.3 Å². The fourth-order valence-electron chi connectivity index (χ4n) is 6.67. The maximum absolute atomic E-state index is 13.9. The van der Waals surface area contributed by atoms with E-state index in [1.54, 1.807) is 20.2 Å². The first-order valence-corrected chi connectivity index (χ1v) is 18.8. The number of halogens is 3. The van der Waals surface area contributed by atoms with Gasteiger partial charge >= 0.3 is 12.3 Å². The predicted molar refractivity (Wildman–Crippen MR) is 177 cm³/mol. The number of sulfonamides is 1. The fraction of sp³-hybridized carbons (Fsp3) is 0.545. The normalized spacial score (nSPS) is 27.4. The minimum absolute atomic E-state index is 0.0472. The van der Waals surface area contributed by atoms with Crippen LogP contribution in [0, 0.1) is 24.7 Å². The van der Waals surface area contributed by atoms with Gasteiger partial charge in [-0.05, 0) is 76.5 Å². The Balaban J connectivity index is 1.22. The standard InChI is InChI=1S/C33H38F3N5O7S2/c1-18-17-37-28(49-18)23-11-8-19(33(34,35)36)13-26(23)38-31(45)48-21-14-24-25(15-21)29(43)41(2)12-6-4-3-5-7-20-16-32(20,39-27(24)42)30(44)40-50(46,47)22-9-10-22/h5,7-8,11,13,17,20-22,24-25H,3-4,6,9-10,12,14-16H2,1-2H3,(H,38,45)(H,39,42)(H,40,44)/t20-,21-,24-,25-,32-/m1/s1. The maximum Gasteiger partial charge on any atom is 0.416 e. The van der Waals surface area contributed by atoms with Gasteiger partial charge < -0.3 is 15.0 Å². The van der Waals surface area contributed by atoms with Crippen molar-refractivity contribution >= 4 is 50.9 Å². The molecule has 2 aromatic rings. The number of carbonyl (C=O) groups is 4. The van der Waals surface area contributed by atoms with Gasteiger partial charge in [0.15, 0.2) is 0 Å². The van der Waals surface area contributed by atoms with Crippen LogP contribution >= 0.6 is 11.3 Å². The third-order valence-corrected chi connectivity index (χ3v) is 12.5. The van der Waals surface area contributed by atoms with Gasteiger partial charge in [-0.15, -0.1) is 11.3 Å². The van der Waals surface area contributed by atoms with Gasteiger partial charge in [-0.2, -0.15) is 13.2 Å². The van der Waals surface area contributed by atoms with Gasteiger partial charge in [0.1, 0.15) is 16.7 Å². The van der Waals surface area contributed by atoms with Crippen molar-refractivity contribution in [1.29, 1.82) is 0 Å². The molecule has 0 saturated heterocycles. The summed E-state index contributed by atoms with van der Waals surface area (Å²) >= 11 is 1.23. The van der Waals surface area contributed by atoms with E-state index in [-0.39, 0.29) is 36.4 Å². The third kappa shape index (κ3) is 7.67. The summed E-state index contributed by atoms with van der Waals surface area (Å²) < 4.78 is 73.9. The van der Waals surface area contributed by atoms with E-state index in [9.17, 15) is 40.8 Å². The second kappa shape index (κ2) is 13.6. The highest BCUT2D eigenvalue weighted by Gasteiger charge is 2.62. The van der Waals surface area contributed by atoms with Crippen molar-refractivity contribution in [3.05, 3.63) is 47.0 Å².